The zero-order valence-electron chi connectivity index (χ0n) is 15.4. The standard InChI is InChI=1S/C15H18ClFN8O4/c1-24(2)12(8-25(27)28)18-5-6-19-14-13(22-29-23-14)15(21-26)20-9-3-4-11(17)10(16)7-9/h3-4,7-8,18,26H,5-6H2,1-2H3,(H,19,23)(H,20,21). The summed E-state index contributed by atoms with van der Waals surface area (Å²) in [6.07, 6.45) is 0.845. The van der Waals surface area contributed by atoms with Gasteiger partial charge in [-0.1, -0.05) is 16.8 Å². The number of amidine groups is 1. The van der Waals surface area contributed by atoms with Crippen LogP contribution in [0, 0.1) is 15.9 Å². The Balaban J connectivity index is 2.00. The van der Waals surface area contributed by atoms with E-state index in [2.05, 4.69) is 36.0 Å². The lowest BCUT2D eigenvalue weighted by Gasteiger charge is -2.16. The van der Waals surface area contributed by atoms with Crippen molar-refractivity contribution in [3.63, 3.8) is 0 Å². The summed E-state index contributed by atoms with van der Waals surface area (Å²) < 4.78 is 17.9. The van der Waals surface area contributed by atoms with Crippen molar-refractivity contribution in [1.82, 2.24) is 20.5 Å². The summed E-state index contributed by atoms with van der Waals surface area (Å²) >= 11 is 5.73. The molecule has 156 valence electrons. The summed E-state index contributed by atoms with van der Waals surface area (Å²) in [4.78, 5) is 11.6. The van der Waals surface area contributed by atoms with Crippen molar-refractivity contribution in [2.75, 3.05) is 37.8 Å². The van der Waals surface area contributed by atoms with Gasteiger partial charge in [0.2, 0.25) is 11.7 Å². The maximum atomic E-state index is 13.3. The van der Waals surface area contributed by atoms with Crippen LogP contribution in [-0.2, 0) is 0 Å². The Kier molecular flexibility index (Phi) is 7.54. The molecule has 2 aromatic rings. The van der Waals surface area contributed by atoms with Crippen molar-refractivity contribution < 1.29 is 19.2 Å². The molecule has 0 unspecified atom stereocenters. The summed E-state index contributed by atoms with van der Waals surface area (Å²) in [7, 11) is 3.32. The minimum atomic E-state index is -0.596. The summed E-state index contributed by atoms with van der Waals surface area (Å²) in [6, 6.07) is 3.84. The molecule has 1 heterocycles. The lowest BCUT2D eigenvalue weighted by molar-refractivity contribution is -0.404. The van der Waals surface area contributed by atoms with Crippen LogP contribution in [0.3, 0.4) is 0 Å². The van der Waals surface area contributed by atoms with Crippen molar-refractivity contribution in [3.05, 3.63) is 56.9 Å². The number of oxime groups is 1. The molecule has 0 saturated carbocycles. The van der Waals surface area contributed by atoms with Gasteiger partial charge in [0.1, 0.15) is 5.82 Å². The summed E-state index contributed by atoms with van der Waals surface area (Å²) in [6.45, 7) is 0.585. The van der Waals surface area contributed by atoms with Gasteiger partial charge in [0.25, 0.3) is 6.20 Å². The topological polar surface area (TPSA) is 154 Å². The first-order valence-corrected chi connectivity index (χ1v) is 8.47. The molecule has 0 amide bonds. The third-order valence-corrected chi connectivity index (χ3v) is 3.72. The molecule has 0 fully saturated rings. The van der Waals surface area contributed by atoms with Crippen molar-refractivity contribution in [1.29, 1.82) is 0 Å². The molecule has 1 aromatic carbocycles. The quantitative estimate of drug-likeness (QED) is 0.116. The number of hydrogen-bond donors (Lipinski definition) is 4. The molecule has 29 heavy (non-hydrogen) atoms. The SMILES string of the molecule is CN(C)C(=C[N+](=O)[O-])NCCNc1nonc1C(=NO)Nc1ccc(F)c(Cl)c1. The van der Waals surface area contributed by atoms with E-state index in [-0.39, 0.29) is 28.9 Å². The monoisotopic (exact) mass is 428 g/mol. The van der Waals surface area contributed by atoms with Crippen LogP contribution in [0.4, 0.5) is 15.9 Å². The number of halogens is 2. The van der Waals surface area contributed by atoms with Gasteiger partial charge >= 0.3 is 0 Å². The smallest absolute Gasteiger partial charge is 0.274 e. The number of nitrogens with one attached hydrogen (secondary N) is 3. The summed E-state index contributed by atoms with van der Waals surface area (Å²) in [5, 5.41) is 38.8. The Bertz CT molecular complexity index is 917. The Hall–Kier alpha value is -3.61. The Morgan fingerprint density at radius 3 is 2.83 bits per heavy atom. The second-order valence-electron chi connectivity index (χ2n) is 5.71. The van der Waals surface area contributed by atoms with Crippen molar-refractivity contribution in [2.24, 2.45) is 5.16 Å². The maximum Gasteiger partial charge on any atom is 0.274 e. The predicted octanol–water partition coefficient (Wildman–Crippen LogP) is 1.75. The highest BCUT2D eigenvalue weighted by atomic mass is 35.5. The molecule has 0 aliphatic carbocycles. The van der Waals surface area contributed by atoms with E-state index in [0.717, 1.165) is 12.3 Å². The second-order valence-corrected chi connectivity index (χ2v) is 6.12. The van der Waals surface area contributed by atoms with E-state index in [1.807, 2.05) is 0 Å². The Morgan fingerprint density at radius 1 is 1.45 bits per heavy atom. The number of benzene rings is 1. The van der Waals surface area contributed by atoms with E-state index in [0.29, 0.717) is 18.1 Å². The molecule has 12 nitrogen and oxygen atoms in total. The fourth-order valence-corrected chi connectivity index (χ4v) is 2.27. The van der Waals surface area contributed by atoms with Crippen LogP contribution in [0.1, 0.15) is 5.69 Å². The van der Waals surface area contributed by atoms with Crippen LogP contribution in [0.25, 0.3) is 0 Å². The first kappa shape index (κ1) is 21.7. The highest BCUT2D eigenvalue weighted by molar-refractivity contribution is 6.31. The van der Waals surface area contributed by atoms with Crippen LogP contribution in [0.15, 0.2) is 40.0 Å². The van der Waals surface area contributed by atoms with Gasteiger partial charge in [0.05, 0.1) is 9.95 Å². The van der Waals surface area contributed by atoms with Crippen molar-refractivity contribution in [3.8, 4) is 0 Å². The molecule has 14 heteroatoms. The molecule has 2 rings (SSSR count). The minimum Gasteiger partial charge on any atom is -0.409 e. The Morgan fingerprint density at radius 2 is 2.21 bits per heavy atom. The number of rotatable bonds is 9. The summed E-state index contributed by atoms with van der Waals surface area (Å²) in [5.41, 5.74) is 0.405. The van der Waals surface area contributed by atoms with Gasteiger partial charge < -0.3 is 26.1 Å². The Labute approximate surface area is 169 Å². The van der Waals surface area contributed by atoms with Crippen molar-refractivity contribution in [2.45, 2.75) is 0 Å². The third-order valence-electron chi connectivity index (χ3n) is 3.43. The van der Waals surface area contributed by atoms with Gasteiger partial charge in [-0.3, -0.25) is 10.1 Å². The first-order valence-electron chi connectivity index (χ1n) is 8.09. The molecule has 0 aliphatic rings. The zero-order chi connectivity index (χ0) is 21.4. The number of anilines is 2. The van der Waals surface area contributed by atoms with Gasteiger partial charge in [-0.15, -0.1) is 0 Å². The van der Waals surface area contributed by atoms with Gasteiger partial charge in [0, 0.05) is 32.9 Å². The predicted molar refractivity (Wildman–Crippen MR) is 103 cm³/mol. The highest BCUT2D eigenvalue weighted by Gasteiger charge is 2.18. The minimum absolute atomic E-state index is 0.0571. The fraction of sp³-hybridized carbons (Fsp3) is 0.267. The van der Waals surface area contributed by atoms with E-state index in [9.17, 15) is 19.7 Å². The molecular weight excluding hydrogens is 411 g/mol. The van der Waals surface area contributed by atoms with Crippen LogP contribution >= 0.6 is 11.6 Å². The van der Waals surface area contributed by atoms with E-state index in [4.69, 9.17) is 11.6 Å². The molecule has 0 atom stereocenters. The number of nitro groups is 1. The lowest BCUT2D eigenvalue weighted by atomic mass is 10.3. The summed E-state index contributed by atoms with van der Waals surface area (Å²) in [5.74, 6) is -0.250. The highest BCUT2D eigenvalue weighted by Crippen LogP contribution is 2.20. The van der Waals surface area contributed by atoms with Crippen LogP contribution < -0.4 is 16.0 Å². The molecular formula is C15H18ClFN8O4. The second kappa shape index (κ2) is 10.1. The average Bonchev–Trinajstić information content (AvgIpc) is 3.13. The van der Waals surface area contributed by atoms with Gasteiger partial charge in [0.15, 0.2) is 11.5 Å². The zero-order valence-corrected chi connectivity index (χ0v) is 16.1. The third kappa shape index (κ3) is 6.21. The first-order chi connectivity index (χ1) is 13.8. The van der Waals surface area contributed by atoms with Crippen molar-refractivity contribution >= 4 is 28.9 Å². The van der Waals surface area contributed by atoms with Gasteiger partial charge in [-0.05, 0) is 28.5 Å². The number of hydrogen-bond acceptors (Lipinski definition) is 10. The molecule has 0 aliphatic heterocycles. The number of aromatic nitrogens is 2. The largest absolute Gasteiger partial charge is 0.409 e. The molecule has 0 spiro atoms. The average molecular weight is 429 g/mol. The molecule has 0 radical (unpaired) electrons. The lowest BCUT2D eigenvalue weighted by Crippen LogP contribution is -2.30. The van der Waals surface area contributed by atoms with Gasteiger partial charge in [-0.2, -0.15) is 0 Å². The van der Waals surface area contributed by atoms with Crippen LogP contribution in [-0.4, -0.2) is 58.4 Å². The maximum absolute atomic E-state index is 13.3. The fourth-order valence-electron chi connectivity index (χ4n) is 2.09. The molecule has 0 saturated heterocycles. The molecule has 1 aromatic heterocycles. The van der Waals surface area contributed by atoms with E-state index < -0.39 is 10.7 Å². The molecule has 0 bridgehead atoms. The van der Waals surface area contributed by atoms with Gasteiger partial charge in [-0.25, -0.2) is 9.02 Å². The van der Waals surface area contributed by atoms with Crippen LogP contribution in [0.2, 0.25) is 5.02 Å². The van der Waals surface area contributed by atoms with E-state index >= 15 is 0 Å². The normalized spacial score (nSPS) is 11.9. The van der Waals surface area contributed by atoms with E-state index in [1.54, 1.807) is 19.0 Å². The van der Waals surface area contributed by atoms with E-state index in [1.165, 1.54) is 12.1 Å². The molecule has 4 N–H and O–H groups in total. The number of nitrogens with zero attached hydrogens (tertiary/aromatic N) is 5. The van der Waals surface area contributed by atoms with Crippen LogP contribution in [0.5, 0.6) is 0 Å².